The Morgan fingerprint density at radius 1 is 1.09 bits per heavy atom. The lowest BCUT2D eigenvalue weighted by molar-refractivity contribution is -0.139. The Morgan fingerprint density at radius 2 is 1.71 bits per heavy atom. The molecular weight excluding hydrogens is 471 g/mol. The third kappa shape index (κ3) is 7.21. The van der Waals surface area contributed by atoms with Crippen molar-refractivity contribution in [2.75, 3.05) is 23.7 Å². The van der Waals surface area contributed by atoms with Crippen molar-refractivity contribution >= 4 is 27.5 Å². The van der Waals surface area contributed by atoms with Crippen LogP contribution in [-0.2, 0) is 32.3 Å². The Balaban J connectivity index is 2.42. The maximum absolute atomic E-state index is 13.3. The van der Waals surface area contributed by atoms with Crippen LogP contribution in [0.2, 0.25) is 0 Å². The van der Waals surface area contributed by atoms with Crippen molar-refractivity contribution in [1.29, 1.82) is 0 Å². The Morgan fingerprint density at radius 3 is 2.24 bits per heavy atom. The van der Waals surface area contributed by atoms with Gasteiger partial charge in [0.2, 0.25) is 21.8 Å². The second-order valence-corrected chi connectivity index (χ2v) is 9.80. The van der Waals surface area contributed by atoms with E-state index in [1.807, 2.05) is 19.1 Å². The van der Waals surface area contributed by atoms with E-state index >= 15 is 0 Å². The van der Waals surface area contributed by atoms with Crippen LogP contribution >= 0.6 is 0 Å². The lowest BCUT2D eigenvalue weighted by Crippen LogP contribution is -2.51. The van der Waals surface area contributed by atoms with Crippen LogP contribution < -0.4 is 9.62 Å². The first kappa shape index (κ1) is 27.2. The predicted molar refractivity (Wildman–Crippen MR) is 124 cm³/mol. The number of rotatable bonds is 9. The third-order valence-electron chi connectivity index (χ3n) is 5.13. The monoisotopic (exact) mass is 499 g/mol. The van der Waals surface area contributed by atoms with Gasteiger partial charge < -0.3 is 10.2 Å². The molecule has 186 valence electrons. The number of hydrogen-bond acceptors (Lipinski definition) is 4. The highest BCUT2D eigenvalue weighted by molar-refractivity contribution is 7.92. The average Bonchev–Trinajstić information content (AvgIpc) is 2.75. The molecule has 0 spiro atoms. The number of amides is 2. The number of benzene rings is 2. The summed E-state index contributed by atoms with van der Waals surface area (Å²) < 4.78 is 65.0. The van der Waals surface area contributed by atoms with E-state index in [2.05, 4.69) is 5.32 Å². The van der Waals surface area contributed by atoms with Gasteiger partial charge in [-0.25, -0.2) is 8.42 Å². The number of anilines is 1. The van der Waals surface area contributed by atoms with E-state index < -0.39 is 46.2 Å². The Hall–Kier alpha value is -3.08. The zero-order chi connectivity index (χ0) is 25.7. The number of aryl methyl sites for hydroxylation is 1. The van der Waals surface area contributed by atoms with Crippen molar-refractivity contribution in [3.63, 3.8) is 0 Å². The van der Waals surface area contributed by atoms with Crippen LogP contribution in [-0.4, -0.2) is 50.5 Å². The van der Waals surface area contributed by atoms with E-state index in [1.54, 1.807) is 19.1 Å². The quantitative estimate of drug-likeness (QED) is 0.574. The van der Waals surface area contributed by atoms with E-state index in [0.29, 0.717) is 22.5 Å². The number of nitrogens with one attached hydrogen (secondary N) is 1. The fourth-order valence-electron chi connectivity index (χ4n) is 3.25. The van der Waals surface area contributed by atoms with Gasteiger partial charge >= 0.3 is 6.18 Å². The SMILES string of the molecule is CCNC(=O)[C@H](C)N(Cc1ccc(C)cc1)C(=O)CN(c1cccc(C(F)(F)F)c1)S(C)(=O)=O. The molecule has 2 aromatic carbocycles. The normalized spacial score (nSPS) is 12.7. The zero-order valence-corrected chi connectivity index (χ0v) is 20.2. The minimum Gasteiger partial charge on any atom is -0.355 e. The van der Waals surface area contributed by atoms with Crippen LogP contribution in [0.3, 0.4) is 0 Å². The molecule has 2 amide bonds. The van der Waals surface area contributed by atoms with E-state index in [4.69, 9.17) is 0 Å². The fraction of sp³-hybridized carbons (Fsp3) is 0.391. The van der Waals surface area contributed by atoms with Crippen molar-refractivity contribution < 1.29 is 31.2 Å². The lowest BCUT2D eigenvalue weighted by atomic mass is 10.1. The number of sulfonamides is 1. The molecule has 11 heteroatoms. The summed E-state index contributed by atoms with van der Waals surface area (Å²) in [6.07, 6.45) is -3.88. The van der Waals surface area contributed by atoms with Gasteiger partial charge in [0, 0.05) is 13.1 Å². The molecule has 1 atom stereocenters. The minimum absolute atomic E-state index is 0.0115. The van der Waals surface area contributed by atoms with Crippen molar-refractivity contribution in [1.82, 2.24) is 10.2 Å². The molecule has 0 unspecified atom stereocenters. The molecule has 0 aromatic heterocycles. The molecule has 7 nitrogen and oxygen atoms in total. The lowest BCUT2D eigenvalue weighted by Gasteiger charge is -2.31. The maximum atomic E-state index is 13.3. The van der Waals surface area contributed by atoms with Crippen molar-refractivity contribution in [3.05, 3.63) is 65.2 Å². The highest BCUT2D eigenvalue weighted by atomic mass is 32.2. The summed E-state index contributed by atoms with van der Waals surface area (Å²) in [7, 11) is -4.13. The molecule has 0 saturated carbocycles. The first-order chi connectivity index (χ1) is 15.7. The number of alkyl halides is 3. The fourth-order valence-corrected chi connectivity index (χ4v) is 4.09. The van der Waals surface area contributed by atoms with Gasteiger partial charge in [-0.15, -0.1) is 0 Å². The smallest absolute Gasteiger partial charge is 0.355 e. The summed E-state index contributed by atoms with van der Waals surface area (Å²) in [5, 5.41) is 2.63. The number of halogens is 3. The summed E-state index contributed by atoms with van der Waals surface area (Å²) in [4.78, 5) is 27.0. The summed E-state index contributed by atoms with van der Waals surface area (Å²) in [5.41, 5.74) is 0.358. The van der Waals surface area contributed by atoms with Crippen LogP contribution in [0.4, 0.5) is 18.9 Å². The van der Waals surface area contributed by atoms with Crippen LogP contribution in [0, 0.1) is 6.92 Å². The summed E-state index contributed by atoms with van der Waals surface area (Å²) in [6, 6.07) is 10.0. The van der Waals surface area contributed by atoms with Gasteiger partial charge in [0.15, 0.2) is 0 Å². The zero-order valence-electron chi connectivity index (χ0n) is 19.4. The van der Waals surface area contributed by atoms with Crippen LogP contribution in [0.5, 0.6) is 0 Å². The van der Waals surface area contributed by atoms with Gasteiger partial charge in [-0.2, -0.15) is 13.2 Å². The minimum atomic E-state index is -4.69. The molecule has 1 N–H and O–H groups in total. The number of nitrogens with zero attached hydrogens (tertiary/aromatic N) is 2. The number of carbonyl (C=O) groups excluding carboxylic acids is 2. The van der Waals surface area contributed by atoms with Crippen LogP contribution in [0.15, 0.2) is 48.5 Å². The Bertz CT molecular complexity index is 1120. The van der Waals surface area contributed by atoms with Gasteiger partial charge in [0.05, 0.1) is 17.5 Å². The van der Waals surface area contributed by atoms with Gasteiger partial charge in [0.1, 0.15) is 12.6 Å². The largest absolute Gasteiger partial charge is 0.416 e. The van der Waals surface area contributed by atoms with Crippen molar-refractivity contribution in [2.45, 2.75) is 39.5 Å². The summed E-state index contributed by atoms with van der Waals surface area (Å²) in [5.74, 6) is -1.17. The molecule has 0 aliphatic heterocycles. The van der Waals surface area contributed by atoms with E-state index in [-0.39, 0.29) is 12.2 Å². The second-order valence-electron chi connectivity index (χ2n) is 7.90. The molecule has 0 aliphatic carbocycles. The number of likely N-dealkylation sites (N-methyl/N-ethyl adjacent to an activating group) is 1. The molecule has 0 heterocycles. The summed E-state index contributed by atoms with van der Waals surface area (Å²) in [6.45, 7) is 4.69. The second kappa shape index (κ2) is 10.9. The molecule has 0 fully saturated rings. The van der Waals surface area contributed by atoms with Crippen LogP contribution in [0.1, 0.15) is 30.5 Å². The summed E-state index contributed by atoms with van der Waals surface area (Å²) >= 11 is 0. The molecule has 34 heavy (non-hydrogen) atoms. The Kier molecular flexibility index (Phi) is 8.71. The predicted octanol–water partition coefficient (Wildman–Crippen LogP) is 3.33. The molecule has 0 bridgehead atoms. The van der Waals surface area contributed by atoms with Gasteiger partial charge in [-0.1, -0.05) is 35.9 Å². The molecule has 2 aromatic rings. The molecular formula is C23H28F3N3O4S. The number of carbonyl (C=O) groups is 2. The Labute approximate surface area is 197 Å². The van der Waals surface area contributed by atoms with Gasteiger partial charge in [-0.3, -0.25) is 13.9 Å². The van der Waals surface area contributed by atoms with Crippen molar-refractivity contribution in [2.24, 2.45) is 0 Å². The first-order valence-electron chi connectivity index (χ1n) is 10.5. The van der Waals surface area contributed by atoms with Crippen LogP contribution in [0.25, 0.3) is 0 Å². The highest BCUT2D eigenvalue weighted by Crippen LogP contribution is 2.32. The van der Waals surface area contributed by atoms with Crippen molar-refractivity contribution in [3.8, 4) is 0 Å². The van der Waals surface area contributed by atoms with E-state index in [0.717, 1.165) is 24.0 Å². The number of hydrogen-bond donors (Lipinski definition) is 1. The highest BCUT2D eigenvalue weighted by Gasteiger charge is 2.33. The average molecular weight is 500 g/mol. The first-order valence-corrected chi connectivity index (χ1v) is 12.4. The molecule has 0 aliphatic rings. The third-order valence-corrected chi connectivity index (χ3v) is 6.27. The van der Waals surface area contributed by atoms with E-state index in [1.165, 1.54) is 17.9 Å². The van der Waals surface area contributed by atoms with Gasteiger partial charge in [0.25, 0.3) is 0 Å². The van der Waals surface area contributed by atoms with Gasteiger partial charge in [-0.05, 0) is 44.5 Å². The molecule has 0 radical (unpaired) electrons. The molecule has 2 rings (SSSR count). The topological polar surface area (TPSA) is 86.8 Å². The standard InChI is InChI=1S/C23H28F3N3O4S/c1-5-27-22(31)17(3)28(14-18-11-9-16(2)10-12-18)21(30)15-29(34(4,32)33)20-8-6-7-19(13-20)23(24,25)26/h6-13,17H,5,14-15H2,1-4H3,(H,27,31)/t17-/m0/s1. The molecule has 0 saturated heterocycles. The van der Waals surface area contributed by atoms with E-state index in [9.17, 15) is 31.2 Å². The maximum Gasteiger partial charge on any atom is 0.416 e.